The largest absolute Gasteiger partial charge is 0.481 e. The number of hydrogen-bond acceptors (Lipinski definition) is 3. The minimum Gasteiger partial charge on any atom is -0.481 e. The third-order valence-electron chi connectivity index (χ3n) is 2.01. The molecule has 0 aliphatic carbocycles. The van der Waals surface area contributed by atoms with Gasteiger partial charge in [-0.15, -0.1) is 0 Å². The van der Waals surface area contributed by atoms with Crippen LogP contribution in [-0.2, 0) is 4.79 Å². The van der Waals surface area contributed by atoms with E-state index in [0.717, 1.165) is 5.75 Å². The van der Waals surface area contributed by atoms with Crippen LogP contribution in [0.15, 0.2) is 0 Å². The van der Waals surface area contributed by atoms with Gasteiger partial charge in [-0.3, -0.25) is 9.59 Å². The Morgan fingerprint density at radius 3 is 2.69 bits per heavy atom. The van der Waals surface area contributed by atoms with Gasteiger partial charge in [0.05, 0.1) is 5.41 Å². The van der Waals surface area contributed by atoms with Crippen molar-refractivity contribution in [3.8, 4) is 0 Å². The van der Waals surface area contributed by atoms with Crippen molar-refractivity contribution in [1.82, 2.24) is 4.90 Å². The highest BCUT2D eigenvalue weighted by molar-refractivity contribution is 8.13. The first kappa shape index (κ1) is 10.4. The molecule has 0 aromatic rings. The lowest BCUT2D eigenvalue weighted by molar-refractivity contribution is -0.147. The Bertz CT molecular complexity index is 240. The Morgan fingerprint density at radius 1 is 1.69 bits per heavy atom. The summed E-state index contributed by atoms with van der Waals surface area (Å²) < 4.78 is 0. The number of thioether (sulfide) groups is 1. The molecule has 5 heteroatoms. The zero-order valence-corrected chi connectivity index (χ0v) is 8.56. The number of amides is 1. The van der Waals surface area contributed by atoms with E-state index in [1.54, 1.807) is 18.7 Å². The van der Waals surface area contributed by atoms with Gasteiger partial charge in [0.1, 0.15) is 0 Å². The Balaban J connectivity index is 2.57. The molecule has 1 aliphatic rings. The Kier molecular flexibility index (Phi) is 2.85. The first-order valence-corrected chi connectivity index (χ1v) is 5.07. The van der Waals surface area contributed by atoms with Gasteiger partial charge in [0.15, 0.2) is 0 Å². The standard InChI is InChI=1S/C8H13NO3S/c1-8(2,6(10)11)5-9-3-4-13-7(9)12/h3-5H2,1-2H3,(H,10,11). The molecule has 1 aliphatic heterocycles. The van der Waals surface area contributed by atoms with Gasteiger partial charge in [0, 0.05) is 18.8 Å². The molecule has 1 heterocycles. The quantitative estimate of drug-likeness (QED) is 0.750. The van der Waals surface area contributed by atoms with E-state index in [9.17, 15) is 9.59 Å². The first-order chi connectivity index (χ1) is 5.93. The van der Waals surface area contributed by atoms with Crippen molar-refractivity contribution in [2.75, 3.05) is 18.8 Å². The normalized spacial score (nSPS) is 18.0. The van der Waals surface area contributed by atoms with E-state index < -0.39 is 11.4 Å². The van der Waals surface area contributed by atoms with Crippen LogP contribution in [0.2, 0.25) is 0 Å². The van der Waals surface area contributed by atoms with E-state index in [0.29, 0.717) is 13.1 Å². The highest BCUT2D eigenvalue weighted by Crippen LogP contribution is 2.24. The van der Waals surface area contributed by atoms with Gasteiger partial charge in [-0.25, -0.2) is 0 Å². The number of nitrogens with zero attached hydrogens (tertiary/aromatic N) is 1. The molecule has 13 heavy (non-hydrogen) atoms. The summed E-state index contributed by atoms with van der Waals surface area (Å²) in [6, 6.07) is 0. The minimum absolute atomic E-state index is 0.00525. The zero-order chi connectivity index (χ0) is 10.1. The van der Waals surface area contributed by atoms with Crippen molar-refractivity contribution < 1.29 is 14.7 Å². The van der Waals surface area contributed by atoms with Crippen molar-refractivity contribution >= 4 is 23.0 Å². The number of rotatable bonds is 3. The molecule has 0 aromatic heterocycles. The van der Waals surface area contributed by atoms with Crippen LogP contribution in [0.1, 0.15) is 13.8 Å². The third kappa shape index (κ3) is 2.37. The smallest absolute Gasteiger partial charge is 0.310 e. The maximum Gasteiger partial charge on any atom is 0.310 e. The fourth-order valence-electron chi connectivity index (χ4n) is 1.11. The maximum atomic E-state index is 11.2. The van der Waals surface area contributed by atoms with Crippen molar-refractivity contribution in [1.29, 1.82) is 0 Å². The molecular weight excluding hydrogens is 190 g/mol. The highest BCUT2D eigenvalue weighted by Gasteiger charge is 2.33. The lowest BCUT2D eigenvalue weighted by Crippen LogP contribution is -2.39. The van der Waals surface area contributed by atoms with E-state index in [1.165, 1.54) is 11.8 Å². The van der Waals surface area contributed by atoms with Gasteiger partial charge in [0.25, 0.3) is 5.24 Å². The second-order valence-electron chi connectivity index (χ2n) is 3.72. The number of carboxylic acid groups (broad SMARTS) is 1. The summed E-state index contributed by atoms with van der Waals surface area (Å²) in [5.41, 5.74) is -0.847. The average molecular weight is 203 g/mol. The topological polar surface area (TPSA) is 57.6 Å². The van der Waals surface area contributed by atoms with Crippen LogP contribution >= 0.6 is 11.8 Å². The van der Waals surface area contributed by atoms with Crippen molar-refractivity contribution in [3.05, 3.63) is 0 Å². The second kappa shape index (κ2) is 3.57. The molecule has 0 radical (unpaired) electrons. The molecule has 1 rings (SSSR count). The molecule has 0 saturated carbocycles. The predicted octanol–water partition coefficient (Wildman–Crippen LogP) is 1.27. The summed E-state index contributed by atoms with van der Waals surface area (Å²) in [6.07, 6.45) is 0. The molecule has 74 valence electrons. The number of carboxylic acids is 1. The summed E-state index contributed by atoms with van der Waals surface area (Å²) in [6.45, 7) is 4.23. The Morgan fingerprint density at radius 2 is 2.31 bits per heavy atom. The Labute approximate surface area is 81.3 Å². The molecule has 1 fully saturated rings. The first-order valence-electron chi connectivity index (χ1n) is 4.08. The van der Waals surface area contributed by atoms with Crippen LogP contribution in [0.4, 0.5) is 4.79 Å². The number of hydrogen-bond donors (Lipinski definition) is 1. The van der Waals surface area contributed by atoms with E-state index in [1.807, 2.05) is 0 Å². The lowest BCUT2D eigenvalue weighted by atomic mass is 9.93. The van der Waals surface area contributed by atoms with Gasteiger partial charge in [-0.2, -0.15) is 0 Å². The molecule has 1 amide bonds. The third-order valence-corrected chi connectivity index (χ3v) is 2.90. The molecule has 0 spiro atoms. The zero-order valence-electron chi connectivity index (χ0n) is 7.74. The van der Waals surface area contributed by atoms with E-state index in [4.69, 9.17) is 5.11 Å². The fourth-order valence-corrected chi connectivity index (χ4v) is 1.94. The molecular formula is C8H13NO3S. The molecule has 0 atom stereocenters. The predicted molar refractivity (Wildman–Crippen MR) is 50.8 cm³/mol. The lowest BCUT2D eigenvalue weighted by Gasteiger charge is -2.25. The van der Waals surface area contributed by atoms with E-state index in [-0.39, 0.29) is 5.24 Å². The molecule has 4 nitrogen and oxygen atoms in total. The molecule has 0 unspecified atom stereocenters. The molecule has 1 saturated heterocycles. The molecule has 1 N–H and O–H groups in total. The van der Waals surface area contributed by atoms with E-state index >= 15 is 0 Å². The maximum absolute atomic E-state index is 11.2. The van der Waals surface area contributed by atoms with E-state index in [2.05, 4.69) is 0 Å². The molecule has 0 bridgehead atoms. The Hall–Kier alpha value is -0.710. The summed E-state index contributed by atoms with van der Waals surface area (Å²) in [7, 11) is 0. The van der Waals surface area contributed by atoms with Crippen LogP contribution < -0.4 is 0 Å². The van der Waals surface area contributed by atoms with Crippen molar-refractivity contribution in [3.63, 3.8) is 0 Å². The monoisotopic (exact) mass is 203 g/mol. The van der Waals surface area contributed by atoms with Gasteiger partial charge < -0.3 is 10.0 Å². The van der Waals surface area contributed by atoms with Crippen LogP contribution in [-0.4, -0.2) is 40.1 Å². The van der Waals surface area contributed by atoms with Crippen molar-refractivity contribution in [2.45, 2.75) is 13.8 Å². The van der Waals surface area contributed by atoms with Gasteiger partial charge in [0.2, 0.25) is 0 Å². The second-order valence-corrected chi connectivity index (χ2v) is 4.77. The van der Waals surface area contributed by atoms with Crippen LogP contribution in [0.25, 0.3) is 0 Å². The number of aliphatic carboxylic acids is 1. The summed E-state index contributed by atoms with van der Waals surface area (Å²) in [5.74, 6) is -0.0914. The summed E-state index contributed by atoms with van der Waals surface area (Å²) in [4.78, 5) is 23.5. The summed E-state index contributed by atoms with van der Waals surface area (Å²) >= 11 is 1.25. The SMILES string of the molecule is CC(C)(CN1CCSC1=O)C(=O)O. The fraction of sp³-hybridized carbons (Fsp3) is 0.750. The van der Waals surface area contributed by atoms with Gasteiger partial charge in [-0.05, 0) is 13.8 Å². The molecule has 0 aromatic carbocycles. The average Bonchev–Trinajstić information content (AvgIpc) is 2.35. The van der Waals surface area contributed by atoms with Gasteiger partial charge >= 0.3 is 5.97 Å². The van der Waals surface area contributed by atoms with Crippen LogP contribution in [0.3, 0.4) is 0 Å². The number of carbonyl (C=O) groups is 2. The highest BCUT2D eigenvalue weighted by atomic mass is 32.2. The number of carbonyl (C=O) groups excluding carboxylic acids is 1. The summed E-state index contributed by atoms with van der Waals surface area (Å²) in [5, 5.41) is 8.84. The van der Waals surface area contributed by atoms with Gasteiger partial charge in [-0.1, -0.05) is 11.8 Å². The van der Waals surface area contributed by atoms with Crippen LogP contribution in [0.5, 0.6) is 0 Å². The van der Waals surface area contributed by atoms with Crippen LogP contribution in [0, 0.1) is 5.41 Å². The van der Waals surface area contributed by atoms with Crippen molar-refractivity contribution in [2.24, 2.45) is 5.41 Å². The minimum atomic E-state index is -0.864.